The predicted molar refractivity (Wildman–Crippen MR) is 64.7 cm³/mol. The van der Waals surface area contributed by atoms with E-state index in [0.29, 0.717) is 5.69 Å². The number of nitrogens with one attached hydrogen (secondary N) is 2. The minimum atomic E-state index is -0.0620. The number of carbonyl (C=O) groups excluding carboxylic acids is 1. The monoisotopic (exact) mass is 239 g/mol. The normalized spacial score (nSPS) is 25.3. The minimum absolute atomic E-state index is 0.0620. The maximum absolute atomic E-state index is 11.7. The van der Waals surface area contributed by atoms with E-state index >= 15 is 0 Å². The van der Waals surface area contributed by atoms with Gasteiger partial charge in [0.15, 0.2) is 0 Å². The van der Waals surface area contributed by atoms with Crippen LogP contribution in [-0.2, 0) is 0 Å². The Bertz CT molecular complexity index is 344. The highest BCUT2D eigenvalue weighted by Gasteiger charge is 2.27. The Kier molecular flexibility index (Phi) is 3.56. The van der Waals surface area contributed by atoms with E-state index in [1.54, 1.807) is 10.9 Å². The summed E-state index contributed by atoms with van der Waals surface area (Å²) in [6.45, 7) is 5.00. The Balaban J connectivity index is 1.84. The van der Waals surface area contributed by atoms with Gasteiger partial charge in [0.1, 0.15) is 5.69 Å². The maximum Gasteiger partial charge on any atom is 0.270 e. The second-order valence-corrected chi connectivity index (χ2v) is 5.37. The van der Waals surface area contributed by atoms with Gasteiger partial charge in [0.05, 0.1) is 5.51 Å². The number of nitrogens with zero attached hydrogens (tertiary/aromatic N) is 1. The lowest BCUT2D eigenvalue weighted by Gasteiger charge is -2.34. The number of aromatic nitrogens is 1. The van der Waals surface area contributed by atoms with Gasteiger partial charge in [-0.3, -0.25) is 4.79 Å². The average molecular weight is 239 g/mol. The average Bonchev–Trinajstić information content (AvgIpc) is 2.80. The number of piperidine rings is 1. The topological polar surface area (TPSA) is 54.0 Å². The molecule has 1 aliphatic heterocycles. The lowest BCUT2D eigenvalue weighted by molar-refractivity contribution is 0.0920. The van der Waals surface area contributed by atoms with Crippen LogP contribution >= 0.6 is 11.3 Å². The summed E-state index contributed by atoms with van der Waals surface area (Å²) in [5.41, 5.74) is 2.39. The summed E-state index contributed by atoms with van der Waals surface area (Å²) < 4.78 is 0. The molecule has 0 aliphatic carbocycles. The van der Waals surface area contributed by atoms with E-state index in [1.165, 1.54) is 17.8 Å². The Hall–Kier alpha value is -0.940. The highest BCUT2D eigenvalue weighted by Crippen LogP contribution is 2.24. The first-order valence-electron chi connectivity index (χ1n) is 5.57. The second-order valence-electron chi connectivity index (χ2n) is 4.65. The van der Waals surface area contributed by atoms with E-state index in [4.69, 9.17) is 0 Å². The molecule has 1 aromatic heterocycles. The van der Waals surface area contributed by atoms with E-state index in [0.717, 1.165) is 26.1 Å². The Morgan fingerprint density at radius 2 is 2.62 bits per heavy atom. The number of hydrogen-bond donors (Lipinski definition) is 2. The molecule has 0 radical (unpaired) electrons. The van der Waals surface area contributed by atoms with Crippen LogP contribution in [0.25, 0.3) is 0 Å². The predicted octanol–water partition coefficient (Wildman–Crippen LogP) is 1.26. The number of amides is 1. The molecule has 1 unspecified atom stereocenters. The fourth-order valence-electron chi connectivity index (χ4n) is 1.98. The van der Waals surface area contributed by atoms with Gasteiger partial charge >= 0.3 is 0 Å². The van der Waals surface area contributed by atoms with E-state index < -0.39 is 0 Å². The summed E-state index contributed by atoms with van der Waals surface area (Å²) in [4.78, 5) is 15.7. The molecular formula is C11H17N3OS. The highest BCUT2D eigenvalue weighted by atomic mass is 32.1. The molecule has 5 heteroatoms. The molecule has 2 rings (SSSR count). The van der Waals surface area contributed by atoms with Crippen LogP contribution in [0.5, 0.6) is 0 Å². The van der Waals surface area contributed by atoms with Gasteiger partial charge in [-0.25, -0.2) is 4.98 Å². The summed E-state index contributed by atoms with van der Waals surface area (Å²) in [5, 5.41) is 8.10. The van der Waals surface area contributed by atoms with E-state index in [-0.39, 0.29) is 11.3 Å². The standard InChI is InChI=1S/C11H17N3OS/c1-11(3-2-4-12-6-11)7-13-10(15)9-5-16-8-14-9/h5,8,12H,2-4,6-7H2,1H3,(H,13,15). The zero-order valence-corrected chi connectivity index (χ0v) is 10.3. The molecule has 4 nitrogen and oxygen atoms in total. The maximum atomic E-state index is 11.7. The zero-order valence-electron chi connectivity index (χ0n) is 9.45. The van der Waals surface area contributed by atoms with Crippen molar-refractivity contribution in [1.29, 1.82) is 0 Å². The van der Waals surface area contributed by atoms with Gasteiger partial charge in [-0.15, -0.1) is 11.3 Å². The number of thiazole rings is 1. The number of hydrogen-bond acceptors (Lipinski definition) is 4. The first-order chi connectivity index (χ1) is 7.70. The summed E-state index contributed by atoms with van der Waals surface area (Å²) in [5.74, 6) is -0.0620. The highest BCUT2D eigenvalue weighted by molar-refractivity contribution is 7.07. The van der Waals surface area contributed by atoms with Crippen LogP contribution in [0, 0.1) is 5.41 Å². The molecule has 1 fully saturated rings. The number of rotatable bonds is 3. The van der Waals surface area contributed by atoms with Crippen LogP contribution in [0.3, 0.4) is 0 Å². The van der Waals surface area contributed by atoms with Crippen molar-refractivity contribution in [3.63, 3.8) is 0 Å². The summed E-state index contributed by atoms with van der Waals surface area (Å²) >= 11 is 1.44. The van der Waals surface area contributed by atoms with Gasteiger partial charge in [-0.05, 0) is 24.8 Å². The molecule has 2 heterocycles. The molecule has 1 amide bonds. The van der Waals surface area contributed by atoms with Crippen LogP contribution in [0.4, 0.5) is 0 Å². The zero-order chi connectivity index (χ0) is 11.4. The van der Waals surface area contributed by atoms with Gasteiger partial charge in [-0.2, -0.15) is 0 Å². The third kappa shape index (κ3) is 2.80. The Labute approximate surface area is 99.5 Å². The summed E-state index contributed by atoms with van der Waals surface area (Å²) in [6, 6.07) is 0. The first-order valence-corrected chi connectivity index (χ1v) is 6.51. The minimum Gasteiger partial charge on any atom is -0.350 e. The Morgan fingerprint density at radius 3 is 3.25 bits per heavy atom. The van der Waals surface area contributed by atoms with Crippen LogP contribution in [0.1, 0.15) is 30.3 Å². The van der Waals surface area contributed by atoms with Crippen LogP contribution in [0.15, 0.2) is 10.9 Å². The largest absolute Gasteiger partial charge is 0.350 e. The summed E-state index contributed by atoms with van der Waals surface area (Å²) in [6.07, 6.45) is 2.35. The lowest BCUT2D eigenvalue weighted by atomic mass is 9.83. The van der Waals surface area contributed by atoms with E-state index in [9.17, 15) is 4.79 Å². The third-order valence-electron chi connectivity index (χ3n) is 3.03. The molecule has 0 saturated carbocycles. The molecular weight excluding hydrogens is 222 g/mol. The van der Waals surface area contributed by atoms with Crippen molar-refractivity contribution >= 4 is 17.2 Å². The fraction of sp³-hybridized carbons (Fsp3) is 0.636. The van der Waals surface area contributed by atoms with Gasteiger partial charge in [0.25, 0.3) is 5.91 Å². The van der Waals surface area contributed by atoms with Crippen molar-refractivity contribution in [1.82, 2.24) is 15.6 Å². The molecule has 0 bridgehead atoms. The smallest absolute Gasteiger partial charge is 0.270 e. The molecule has 1 saturated heterocycles. The van der Waals surface area contributed by atoms with E-state index in [2.05, 4.69) is 22.5 Å². The Morgan fingerprint density at radius 1 is 1.75 bits per heavy atom. The fourth-order valence-corrected chi connectivity index (χ4v) is 2.51. The van der Waals surface area contributed by atoms with Gasteiger partial charge in [0, 0.05) is 18.5 Å². The van der Waals surface area contributed by atoms with Crippen molar-refractivity contribution in [3.05, 3.63) is 16.6 Å². The van der Waals surface area contributed by atoms with Crippen molar-refractivity contribution in [2.45, 2.75) is 19.8 Å². The molecule has 0 spiro atoms. The third-order valence-corrected chi connectivity index (χ3v) is 3.61. The van der Waals surface area contributed by atoms with Crippen molar-refractivity contribution < 1.29 is 4.79 Å². The van der Waals surface area contributed by atoms with Gasteiger partial charge in [0.2, 0.25) is 0 Å². The second kappa shape index (κ2) is 4.93. The molecule has 1 aromatic rings. The number of carbonyl (C=O) groups is 1. The molecule has 1 atom stereocenters. The van der Waals surface area contributed by atoms with E-state index in [1.807, 2.05) is 0 Å². The molecule has 0 aromatic carbocycles. The molecule has 1 aliphatic rings. The van der Waals surface area contributed by atoms with Crippen molar-refractivity contribution in [2.75, 3.05) is 19.6 Å². The van der Waals surface area contributed by atoms with Crippen LogP contribution in [0.2, 0.25) is 0 Å². The molecule has 16 heavy (non-hydrogen) atoms. The molecule has 2 N–H and O–H groups in total. The van der Waals surface area contributed by atoms with Crippen LogP contribution < -0.4 is 10.6 Å². The first kappa shape index (κ1) is 11.5. The molecule has 88 valence electrons. The quantitative estimate of drug-likeness (QED) is 0.835. The van der Waals surface area contributed by atoms with Crippen molar-refractivity contribution in [2.24, 2.45) is 5.41 Å². The van der Waals surface area contributed by atoms with Crippen LogP contribution in [-0.4, -0.2) is 30.5 Å². The van der Waals surface area contributed by atoms with Gasteiger partial charge in [-0.1, -0.05) is 6.92 Å². The summed E-state index contributed by atoms with van der Waals surface area (Å²) in [7, 11) is 0. The van der Waals surface area contributed by atoms with Crippen molar-refractivity contribution in [3.8, 4) is 0 Å². The SMILES string of the molecule is CC1(CNC(=O)c2cscn2)CCCNC1. The van der Waals surface area contributed by atoms with Gasteiger partial charge < -0.3 is 10.6 Å². The lowest BCUT2D eigenvalue weighted by Crippen LogP contribution is -2.45.